The van der Waals surface area contributed by atoms with E-state index in [1.54, 1.807) is 30.3 Å². The van der Waals surface area contributed by atoms with Gasteiger partial charge in [0.05, 0.1) is 4.90 Å². The van der Waals surface area contributed by atoms with Crippen LogP contribution in [0, 0.1) is 5.92 Å². The van der Waals surface area contributed by atoms with Crippen molar-refractivity contribution in [3.05, 3.63) is 30.3 Å². The Morgan fingerprint density at radius 2 is 1.65 bits per heavy atom. The maximum absolute atomic E-state index is 13.1. The Hall–Kier alpha value is -0.943. The molecule has 0 bridgehead atoms. The Bertz CT molecular complexity index is 626. The van der Waals surface area contributed by atoms with E-state index < -0.39 is 23.2 Å². The Morgan fingerprint density at radius 1 is 1.09 bits per heavy atom. The van der Waals surface area contributed by atoms with Crippen LogP contribution in [0.1, 0.15) is 32.1 Å². The number of Topliss-reactive ketones (excluding diaryl/α,β-unsaturated/α-hetero) is 1. The number of benzene rings is 1. The lowest BCUT2D eigenvalue weighted by atomic mass is 9.85. The van der Waals surface area contributed by atoms with Crippen molar-refractivity contribution in [2.75, 3.05) is 0 Å². The summed E-state index contributed by atoms with van der Waals surface area (Å²) in [6, 6.07) is 8.99. The molecular weight excluding hydrogens is 324 g/mol. The minimum absolute atomic E-state index is 0.0315. The number of hydrogen-bond acceptors (Lipinski definition) is 3. The summed E-state index contributed by atoms with van der Waals surface area (Å²) in [5.41, 5.74) is 0. The van der Waals surface area contributed by atoms with Crippen LogP contribution in [0.15, 0.2) is 35.2 Å². The van der Waals surface area contributed by atoms with Crippen LogP contribution >= 0.6 is 0 Å². The standard InChI is InChI=1S/C18H28O3SSi/c1-23(2,3)14-17(18(19)15-10-6-4-7-11-15)22(20,21)16-12-8-5-9-13-16/h5,8-9,12-13,15,17H,4,6-7,10-11,14H2,1-3H3/t17-/m0/s1. The second-order valence-electron chi connectivity index (χ2n) is 7.85. The lowest BCUT2D eigenvalue weighted by molar-refractivity contribution is -0.123. The van der Waals surface area contributed by atoms with E-state index in [9.17, 15) is 13.2 Å². The van der Waals surface area contributed by atoms with Crippen molar-refractivity contribution in [2.45, 2.75) is 67.9 Å². The van der Waals surface area contributed by atoms with E-state index >= 15 is 0 Å². The topological polar surface area (TPSA) is 51.2 Å². The largest absolute Gasteiger partial charge is 0.298 e. The second-order valence-corrected chi connectivity index (χ2v) is 15.5. The van der Waals surface area contributed by atoms with E-state index in [0.717, 1.165) is 32.1 Å². The quantitative estimate of drug-likeness (QED) is 0.717. The first-order chi connectivity index (χ1) is 10.7. The van der Waals surface area contributed by atoms with E-state index in [4.69, 9.17) is 0 Å². The third-order valence-electron chi connectivity index (χ3n) is 4.57. The van der Waals surface area contributed by atoms with Crippen molar-refractivity contribution in [2.24, 2.45) is 5.92 Å². The van der Waals surface area contributed by atoms with Gasteiger partial charge in [0, 0.05) is 14.0 Å². The van der Waals surface area contributed by atoms with E-state index in [1.165, 1.54) is 0 Å². The Balaban J connectivity index is 2.35. The zero-order chi connectivity index (χ0) is 17.1. The van der Waals surface area contributed by atoms with Gasteiger partial charge in [-0.2, -0.15) is 0 Å². The third-order valence-corrected chi connectivity index (χ3v) is 8.58. The normalized spacial score (nSPS) is 18.6. The van der Waals surface area contributed by atoms with Crippen molar-refractivity contribution in [1.29, 1.82) is 0 Å². The van der Waals surface area contributed by atoms with Crippen molar-refractivity contribution in [1.82, 2.24) is 0 Å². The molecule has 128 valence electrons. The molecule has 23 heavy (non-hydrogen) atoms. The molecule has 0 heterocycles. The summed E-state index contributed by atoms with van der Waals surface area (Å²) in [5, 5.41) is -0.861. The maximum Gasteiger partial charge on any atom is 0.188 e. The molecule has 0 saturated heterocycles. The summed E-state index contributed by atoms with van der Waals surface area (Å²) in [6.07, 6.45) is 4.95. The van der Waals surface area contributed by atoms with E-state index in [1.807, 2.05) is 0 Å². The molecule has 2 rings (SSSR count). The molecule has 1 aliphatic carbocycles. The van der Waals surface area contributed by atoms with Crippen LogP contribution in [0.3, 0.4) is 0 Å². The summed E-state index contributed by atoms with van der Waals surface area (Å²) in [4.78, 5) is 13.3. The fourth-order valence-electron chi connectivity index (χ4n) is 3.34. The van der Waals surface area contributed by atoms with Crippen LogP contribution in [0.2, 0.25) is 25.7 Å². The van der Waals surface area contributed by atoms with Gasteiger partial charge in [-0.3, -0.25) is 4.79 Å². The van der Waals surface area contributed by atoms with Gasteiger partial charge in [0.2, 0.25) is 0 Å². The first-order valence-corrected chi connectivity index (χ1v) is 13.8. The molecule has 1 fully saturated rings. The summed E-state index contributed by atoms with van der Waals surface area (Å²) in [7, 11) is -5.29. The van der Waals surface area contributed by atoms with Crippen molar-refractivity contribution in [3.8, 4) is 0 Å². The van der Waals surface area contributed by atoms with E-state index in [0.29, 0.717) is 6.04 Å². The Kier molecular flexibility index (Phi) is 5.84. The maximum atomic E-state index is 13.1. The summed E-state index contributed by atoms with van der Waals surface area (Å²) >= 11 is 0. The van der Waals surface area contributed by atoms with Crippen molar-refractivity contribution in [3.63, 3.8) is 0 Å². The first kappa shape index (κ1) is 18.4. The predicted octanol–water partition coefficient (Wildman–Crippen LogP) is 4.32. The highest BCUT2D eigenvalue weighted by Crippen LogP contribution is 2.32. The minimum Gasteiger partial charge on any atom is -0.298 e. The highest BCUT2D eigenvalue weighted by Gasteiger charge is 2.40. The van der Waals surface area contributed by atoms with Crippen molar-refractivity contribution >= 4 is 23.7 Å². The molecule has 0 N–H and O–H groups in total. The van der Waals surface area contributed by atoms with Gasteiger partial charge in [-0.25, -0.2) is 8.42 Å². The molecule has 0 aliphatic heterocycles. The third kappa shape index (κ3) is 4.77. The van der Waals surface area contributed by atoms with Gasteiger partial charge in [0.25, 0.3) is 0 Å². The molecule has 5 heteroatoms. The fourth-order valence-corrected chi connectivity index (χ4v) is 8.40. The molecule has 1 aliphatic rings. The van der Waals surface area contributed by atoms with E-state index in [2.05, 4.69) is 19.6 Å². The zero-order valence-corrected chi connectivity index (χ0v) is 16.2. The molecule has 1 atom stereocenters. The Labute approximate surface area is 141 Å². The number of hydrogen-bond donors (Lipinski definition) is 0. The molecular formula is C18H28O3SSi. The summed E-state index contributed by atoms with van der Waals surface area (Å²) in [6.45, 7) is 6.40. The molecule has 0 spiro atoms. The lowest BCUT2D eigenvalue weighted by Gasteiger charge is -2.28. The van der Waals surface area contributed by atoms with Crippen LogP contribution in [-0.4, -0.2) is 27.5 Å². The number of sulfone groups is 1. The average molecular weight is 353 g/mol. The number of carbonyl (C=O) groups excluding carboxylic acids is 1. The van der Waals surface area contributed by atoms with Gasteiger partial charge in [0.15, 0.2) is 15.6 Å². The lowest BCUT2D eigenvalue weighted by Crippen LogP contribution is -2.41. The number of ketones is 1. The minimum atomic E-state index is -3.60. The smallest absolute Gasteiger partial charge is 0.188 e. The summed E-state index contributed by atoms with van der Waals surface area (Å²) < 4.78 is 26.2. The highest BCUT2D eigenvalue weighted by molar-refractivity contribution is 7.93. The molecule has 0 unspecified atom stereocenters. The molecule has 0 amide bonds. The van der Waals surface area contributed by atoms with Gasteiger partial charge in [0.1, 0.15) is 5.25 Å². The number of rotatable bonds is 6. The molecule has 1 aromatic carbocycles. The number of carbonyl (C=O) groups is 1. The molecule has 1 saturated carbocycles. The highest BCUT2D eigenvalue weighted by atomic mass is 32.2. The SMILES string of the molecule is C[Si](C)(C)C[C@@H](C(=O)C1CCCCC1)S(=O)(=O)c1ccccc1. The molecule has 1 aromatic rings. The van der Waals surface area contributed by atoms with Gasteiger partial charge in [-0.05, 0) is 31.0 Å². The van der Waals surface area contributed by atoms with E-state index in [-0.39, 0.29) is 16.6 Å². The van der Waals surface area contributed by atoms with Crippen LogP contribution in [0.4, 0.5) is 0 Å². The fraction of sp³-hybridized carbons (Fsp3) is 0.611. The van der Waals surface area contributed by atoms with Crippen LogP contribution in [0.5, 0.6) is 0 Å². The Morgan fingerprint density at radius 3 is 2.17 bits per heavy atom. The van der Waals surface area contributed by atoms with Gasteiger partial charge < -0.3 is 0 Å². The van der Waals surface area contributed by atoms with Gasteiger partial charge in [-0.1, -0.05) is 57.1 Å². The average Bonchev–Trinajstić information content (AvgIpc) is 2.53. The van der Waals surface area contributed by atoms with Crippen molar-refractivity contribution < 1.29 is 13.2 Å². The van der Waals surface area contributed by atoms with Crippen LogP contribution in [-0.2, 0) is 14.6 Å². The summed E-state index contributed by atoms with van der Waals surface area (Å²) in [5.74, 6) is -0.0976. The molecule has 0 aromatic heterocycles. The van der Waals surface area contributed by atoms with Gasteiger partial charge in [-0.15, -0.1) is 0 Å². The predicted molar refractivity (Wildman–Crippen MR) is 97.2 cm³/mol. The molecule has 0 radical (unpaired) electrons. The van der Waals surface area contributed by atoms with Crippen LogP contribution < -0.4 is 0 Å². The second kappa shape index (κ2) is 7.30. The molecule has 3 nitrogen and oxygen atoms in total. The zero-order valence-electron chi connectivity index (χ0n) is 14.4. The monoisotopic (exact) mass is 352 g/mol. The van der Waals surface area contributed by atoms with Gasteiger partial charge >= 0.3 is 0 Å². The van der Waals surface area contributed by atoms with Crippen LogP contribution in [0.25, 0.3) is 0 Å². The first-order valence-electron chi connectivity index (χ1n) is 8.54.